The van der Waals surface area contributed by atoms with E-state index >= 15 is 0 Å². The van der Waals surface area contributed by atoms with Gasteiger partial charge in [0.2, 0.25) is 0 Å². The second-order valence-electron chi connectivity index (χ2n) is 10.3. The summed E-state index contributed by atoms with van der Waals surface area (Å²) in [4.78, 5) is 15.4. The van der Waals surface area contributed by atoms with Crippen LogP contribution in [0.25, 0.3) is 0 Å². The third-order valence-electron chi connectivity index (χ3n) is 8.19. The van der Waals surface area contributed by atoms with Crippen molar-refractivity contribution in [2.45, 2.75) is 87.6 Å². The number of carbonyl (C=O) groups excluding carboxylic acids is 1. The minimum atomic E-state index is -4.78. The molecule has 0 heterocycles. The lowest BCUT2D eigenvalue weighted by Gasteiger charge is -2.42. The quantitative estimate of drug-likeness (QED) is 0.622. The molecule has 1 N–H and O–H groups in total. The lowest BCUT2D eigenvalue weighted by molar-refractivity contribution is -0.258. The minimum absolute atomic E-state index is 0.108. The van der Waals surface area contributed by atoms with Crippen LogP contribution in [0.5, 0.6) is 0 Å². The molecule has 3 aliphatic rings. The Morgan fingerprint density at radius 3 is 2.15 bits per heavy atom. The van der Waals surface area contributed by atoms with E-state index in [1.54, 1.807) is 0 Å². The van der Waals surface area contributed by atoms with Crippen LogP contribution >= 0.6 is 0 Å². The van der Waals surface area contributed by atoms with E-state index < -0.39 is 11.8 Å². The van der Waals surface area contributed by atoms with Crippen LogP contribution in [0.15, 0.2) is 48.5 Å². The van der Waals surface area contributed by atoms with Crippen LogP contribution in [0, 0.1) is 0 Å². The molecule has 2 saturated carbocycles. The molecule has 0 saturated heterocycles. The summed E-state index contributed by atoms with van der Waals surface area (Å²) in [5, 5.41) is 9.91. The molecule has 3 nitrogen and oxygen atoms in total. The maximum absolute atomic E-state index is 13.4. The summed E-state index contributed by atoms with van der Waals surface area (Å²) in [5.74, 6) is -0.108. The smallest absolute Gasteiger partial charge is 0.376 e. The number of carbonyl (C=O) groups is 1. The topological polar surface area (TPSA) is 40.5 Å². The van der Waals surface area contributed by atoms with E-state index in [9.17, 15) is 23.1 Å². The molecule has 0 radical (unpaired) electrons. The number of fused-ring (bicyclic) bond motifs is 2. The minimum Gasteiger partial charge on any atom is -0.376 e. The maximum Gasteiger partial charge on any atom is 0.421 e. The molecule has 0 unspecified atom stereocenters. The molecule has 2 fully saturated rings. The van der Waals surface area contributed by atoms with Gasteiger partial charge in [0.15, 0.2) is 5.60 Å². The molecule has 1 spiro atoms. The van der Waals surface area contributed by atoms with E-state index in [1.807, 2.05) is 4.90 Å². The number of alkyl halides is 3. The van der Waals surface area contributed by atoms with Crippen LogP contribution in [0.4, 0.5) is 13.2 Å². The van der Waals surface area contributed by atoms with Crippen LogP contribution in [-0.2, 0) is 17.4 Å². The van der Waals surface area contributed by atoms with Crippen molar-refractivity contribution in [3.05, 3.63) is 70.8 Å². The number of rotatable bonds is 4. The van der Waals surface area contributed by atoms with Gasteiger partial charge in [-0.2, -0.15) is 13.2 Å². The lowest BCUT2D eigenvalue weighted by Crippen LogP contribution is -2.46. The fraction of sp³-hybridized carbons (Fsp3) is 0.519. The molecule has 3 aliphatic carbocycles. The average molecular weight is 458 g/mol. The Balaban J connectivity index is 1.32. The standard InChI is InChI=1S/C27H30F3NO2/c1-25(33,27(28,29)30)20-8-6-19(7-9-20)24(32)31(21-10-11-21)22-13-16-26(17-14-22)15-12-18-4-2-3-5-23(18)26/h2-9,21-22,33H,10-17H2,1H3/t22?,25-,26?/m0/s1. The van der Waals surface area contributed by atoms with Gasteiger partial charge in [-0.15, -0.1) is 0 Å². The van der Waals surface area contributed by atoms with Gasteiger partial charge < -0.3 is 10.0 Å². The summed E-state index contributed by atoms with van der Waals surface area (Å²) >= 11 is 0. The molecular formula is C27H30F3NO2. The summed E-state index contributed by atoms with van der Waals surface area (Å²) < 4.78 is 39.5. The van der Waals surface area contributed by atoms with Crippen LogP contribution in [0.2, 0.25) is 0 Å². The second-order valence-corrected chi connectivity index (χ2v) is 10.3. The Morgan fingerprint density at radius 1 is 0.939 bits per heavy atom. The number of hydrogen-bond acceptors (Lipinski definition) is 2. The largest absolute Gasteiger partial charge is 0.421 e. The van der Waals surface area contributed by atoms with E-state index in [1.165, 1.54) is 41.8 Å². The fourth-order valence-corrected chi connectivity index (χ4v) is 5.95. The molecule has 1 atom stereocenters. The second kappa shape index (κ2) is 7.86. The van der Waals surface area contributed by atoms with Gasteiger partial charge in [0.1, 0.15) is 0 Å². The molecule has 2 aromatic rings. The number of benzene rings is 2. The van der Waals surface area contributed by atoms with Crippen molar-refractivity contribution in [2.24, 2.45) is 0 Å². The Hall–Kier alpha value is -2.34. The first kappa shape index (κ1) is 22.5. The molecular weight excluding hydrogens is 427 g/mol. The summed E-state index contributed by atoms with van der Waals surface area (Å²) in [5.41, 5.74) is 0.357. The SMILES string of the molecule is C[C@](O)(c1ccc(C(=O)N(C2CC2)C2CCC3(CCc4ccccc43)CC2)cc1)C(F)(F)F. The predicted octanol–water partition coefficient (Wildman–Crippen LogP) is 5.89. The van der Waals surface area contributed by atoms with Gasteiger partial charge in [0.25, 0.3) is 5.91 Å². The highest BCUT2D eigenvalue weighted by Gasteiger charge is 2.51. The zero-order valence-corrected chi connectivity index (χ0v) is 18.9. The zero-order valence-electron chi connectivity index (χ0n) is 18.9. The van der Waals surface area contributed by atoms with Crippen molar-refractivity contribution in [3.63, 3.8) is 0 Å². The Labute approximate surface area is 192 Å². The van der Waals surface area contributed by atoms with Crippen molar-refractivity contribution in [3.8, 4) is 0 Å². The summed E-state index contributed by atoms with van der Waals surface area (Å²) in [6.07, 6.45) is 3.53. The number of aliphatic hydroxyl groups is 1. The van der Waals surface area contributed by atoms with Gasteiger partial charge in [0, 0.05) is 17.6 Å². The van der Waals surface area contributed by atoms with E-state index in [4.69, 9.17) is 0 Å². The Bertz CT molecular complexity index is 1030. The Morgan fingerprint density at radius 2 is 1.55 bits per heavy atom. The third kappa shape index (κ3) is 3.86. The van der Waals surface area contributed by atoms with Gasteiger partial charge >= 0.3 is 6.18 Å². The van der Waals surface area contributed by atoms with E-state index in [-0.39, 0.29) is 29.0 Å². The highest BCUT2D eigenvalue weighted by molar-refractivity contribution is 5.95. The van der Waals surface area contributed by atoms with Gasteiger partial charge in [0.05, 0.1) is 0 Å². The van der Waals surface area contributed by atoms with Crippen LogP contribution in [0.3, 0.4) is 0 Å². The summed E-state index contributed by atoms with van der Waals surface area (Å²) in [6, 6.07) is 14.4. The van der Waals surface area contributed by atoms with Crippen LogP contribution in [-0.4, -0.2) is 34.2 Å². The van der Waals surface area contributed by atoms with E-state index in [0.29, 0.717) is 5.56 Å². The monoisotopic (exact) mass is 457 g/mol. The van der Waals surface area contributed by atoms with E-state index in [2.05, 4.69) is 24.3 Å². The van der Waals surface area contributed by atoms with Crippen molar-refractivity contribution in [2.75, 3.05) is 0 Å². The van der Waals surface area contributed by atoms with E-state index in [0.717, 1.165) is 51.9 Å². The average Bonchev–Trinajstić information content (AvgIpc) is 3.57. The van der Waals surface area contributed by atoms with Crippen molar-refractivity contribution < 1.29 is 23.1 Å². The zero-order chi connectivity index (χ0) is 23.4. The number of aryl methyl sites for hydroxylation is 1. The highest BCUT2D eigenvalue weighted by atomic mass is 19.4. The first-order chi connectivity index (χ1) is 15.6. The molecule has 33 heavy (non-hydrogen) atoms. The number of halogens is 3. The number of amides is 1. The first-order valence-corrected chi connectivity index (χ1v) is 11.9. The molecule has 0 bridgehead atoms. The van der Waals surface area contributed by atoms with Crippen molar-refractivity contribution in [1.29, 1.82) is 0 Å². The summed E-state index contributed by atoms with van der Waals surface area (Å²) in [7, 11) is 0. The molecule has 0 aliphatic heterocycles. The lowest BCUT2D eigenvalue weighted by atomic mass is 9.68. The predicted molar refractivity (Wildman–Crippen MR) is 120 cm³/mol. The highest BCUT2D eigenvalue weighted by Crippen LogP contribution is 2.50. The molecule has 1 amide bonds. The number of nitrogens with zero attached hydrogens (tertiary/aromatic N) is 1. The fourth-order valence-electron chi connectivity index (χ4n) is 5.95. The molecule has 0 aromatic heterocycles. The van der Waals surface area contributed by atoms with Crippen LogP contribution in [0.1, 0.15) is 78.9 Å². The van der Waals surface area contributed by atoms with Crippen molar-refractivity contribution >= 4 is 5.91 Å². The molecule has 2 aromatic carbocycles. The van der Waals surface area contributed by atoms with Gasteiger partial charge in [-0.25, -0.2) is 0 Å². The molecule has 176 valence electrons. The van der Waals surface area contributed by atoms with Crippen LogP contribution < -0.4 is 0 Å². The first-order valence-electron chi connectivity index (χ1n) is 11.9. The molecule has 6 heteroatoms. The number of hydrogen-bond donors (Lipinski definition) is 1. The third-order valence-corrected chi connectivity index (χ3v) is 8.19. The Kier molecular flexibility index (Phi) is 5.35. The summed E-state index contributed by atoms with van der Waals surface area (Å²) in [6.45, 7) is 0.735. The maximum atomic E-state index is 13.4. The molecule has 5 rings (SSSR count). The normalized spacial score (nSPS) is 26.6. The van der Waals surface area contributed by atoms with Gasteiger partial charge in [-0.3, -0.25) is 4.79 Å². The van der Waals surface area contributed by atoms with Gasteiger partial charge in [-0.1, -0.05) is 36.4 Å². The van der Waals surface area contributed by atoms with Crippen molar-refractivity contribution in [1.82, 2.24) is 4.90 Å². The van der Waals surface area contributed by atoms with Gasteiger partial charge in [-0.05, 0) is 92.5 Å².